The molecule has 0 saturated carbocycles. The number of nitrogens with zero attached hydrogens (tertiary/aromatic N) is 1. The minimum absolute atomic E-state index is 0.128. The Balaban J connectivity index is 1.73. The average molecular weight is 338 g/mol. The van der Waals surface area contributed by atoms with Crippen LogP contribution in [0.3, 0.4) is 0 Å². The summed E-state index contributed by atoms with van der Waals surface area (Å²) in [6.07, 6.45) is 0.675. The Morgan fingerprint density at radius 1 is 1.35 bits per heavy atom. The first kappa shape index (κ1) is 17.3. The molecule has 0 aliphatic carbocycles. The molecule has 7 heteroatoms. The molecular weight excluding hydrogens is 318 g/mol. The number of carbonyl (C=O) groups excluding carboxylic acids is 3. The third kappa shape index (κ3) is 4.45. The van der Waals surface area contributed by atoms with E-state index in [0.717, 1.165) is 10.5 Å². The number of halogens is 1. The van der Waals surface area contributed by atoms with Crippen molar-refractivity contribution in [2.45, 2.75) is 38.8 Å². The molecule has 1 heterocycles. The molecule has 2 N–H and O–H groups in total. The second-order valence-electron chi connectivity index (χ2n) is 6.02. The smallest absolute Gasteiger partial charge is 0.325 e. The maximum Gasteiger partial charge on any atom is 0.325 e. The van der Waals surface area contributed by atoms with Gasteiger partial charge in [-0.2, -0.15) is 0 Å². The molecule has 0 spiro atoms. The fourth-order valence-corrected chi connectivity index (χ4v) is 2.57. The number of rotatable bonds is 6. The molecule has 0 aromatic heterocycles. The van der Waals surface area contributed by atoms with Crippen LogP contribution in [0.1, 0.15) is 32.3 Å². The van der Waals surface area contributed by atoms with Crippen molar-refractivity contribution in [2.24, 2.45) is 0 Å². The first-order chi connectivity index (χ1) is 10.8. The Hall–Kier alpha value is -2.08. The highest BCUT2D eigenvalue weighted by atomic mass is 35.5. The molecule has 124 valence electrons. The normalized spacial score (nSPS) is 16.4. The summed E-state index contributed by atoms with van der Waals surface area (Å²) in [6, 6.07) is 6.85. The largest absolute Gasteiger partial charge is 0.352 e. The van der Waals surface area contributed by atoms with Crippen molar-refractivity contribution in [1.82, 2.24) is 15.5 Å². The summed E-state index contributed by atoms with van der Waals surface area (Å²) < 4.78 is 0. The summed E-state index contributed by atoms with van der Waals surface area (Å²) in [5.41, 5.74) is 0.0491. The molecule has 4 amide bonds. The predicted octanol–water partition coefficient (Wildman–Crippen LogP) is 2.07. The number of imide groups is 1. The highest BCUT2D eigenvalue weighted by Crippen LogP contribution is 2.17. The molecule has 1 saturated heterocycles. The molecule has 1 aliphatic heterocycles. The van der Waals surface area contributed by atoms with Gasteiger partial charge in [0.2, 0.25) is 5.91 Å². The lowest BCUT2D eigenvalue weighted by Crippen LogP contribution is -2.40. The Morgan fingerprint density at radius 3 is 2.70 bits per heavy atom. The van der Waals surface area contributed by atoms with Gasteiger partial charge in [0.05, 0.1) is 0 Å². The fraction of sp³-hybridized carbons (Fsp3) is 0.438. The molecule has 6 nitrogen and oxygen atoms in total. The van der Waals surface area contributed by atoms with Gasteiger partial charge in [-0.25, -0.2) is 4.79 Å². The number of urea groups is 1. The zero-order valence-electron chi connectivity index (χ0n) is 13.2. The van der Waals surface area contributed by atoms with E-state index in [2.05, 4.69) is 10.6 Å². The van der Waals surface area contributed by atoms with Crippen LogP contribution in [-0.2, 0) is 16.1 Å². The lowest BCUT2D eigenvalue weighted by molar-refractivity contribution is -0.130. The number of hydrogen-bond acceptors (Lipinski definition) is 3. The Morgan fingerprint density at radius 2 is 2.09 bits per heavy atom. The van der Waals surface area contributed by atoms with Gasteiger partial charge in [0.1, 0.15) is 5.54 Å². The molecule has 1 aromatic rings. The van der Waals surface area contributed by atoms with Gasteiger partial charge in [-0.1, -0.05) is 23.7 Å². The van der Waals surface area contributed by atoms with E-state index >= 15 is 0 Å². The van der Waals surface area contributed by atoms with Crippen molar-refractivity contribution in [3.8, 4) is 0 Å². The van der Waals surface area contributed by atoms with Gasteiger partial charge in [0, 0.05) is 24.5 Å². The standard InChI is InChI=1S/C16H20ClN3O3/c1-16(2)14(22)20(15(23)19-16)8-4-7-13(21)18-10-11-5-3-6-12(17)9-11/h3,5-6,9H,4,7-8,10H2,1-2H3,(H,18,21)(H,19,23). The van der Waals surface area contributed by atoms with Gasteiger partial charge in [-0.15, -0.1) is 0 Å². The van der Waals surface area contributed by atoms with Crippen molar-refractivity contribution >= 4 is 29.4 Å². The van der Waals surface area contributed by atoms with Gasteiger partial charge in [0.15, 0.2) is 0 Å². The van der Waals surface area contributed by atoms with Crippen LogP contribution in [0.15, 0.2) is 24.3 Å². The first-order valence-corrected chi connectivity index (χ1v) is 7.82. The number of nitrogens with one attached hydrogen (secondary N) is 2. The van der Waals surface area contributed by atoms with Crippen LogP contribution in [0.25, 0.3) is 0 Å². The SMILES string of the molecule is CC1(C)NC(=O)N(CCCC(=O)NCc2cccc(Cl)c2)C1=O. The Bertz CT molecular complexity index is 631. The minimum atomic E-state index is -0.869. The lowest BCUT2D eigenvalue weighted by Gasteiger charge is -2.15. The van der Waals surface area contributed by atoms with Crippen molar-refractivity contribution in [3.05, 3.63) is 34.9 Å². The topological polar surface area (TPSA) is 78.5 Å². The maximum atomic E-state index is 12.0. The van der Waals surface area contributed by atoms with Crippen LogP contribution in [0, 0.1) is 0 Å². The van der Waals surface area contributed by atoms with Gasteiger partial charge < -0.3 is 10.6 Å². The van der Waals surface area contributed by atoms with E-state index in [1.165, 1.54) is 0 Å². The lowest BCUT2D eigenvalue weighted by atomic mass is 10.1. The van der Waals surface area contributed by atoms with Crippen LogP contribution in [0.2, 0.25) is 5.02 Å². The highest BCUT2D eigenvalue weighted by molar-refractivity contribution is 6.30. The summed E-state index contributed by atoms with van der Waals surface area (Å²) >= 11 is 5.88. The average Bonchev–Trinajstić information content (AvgIpc) is 2.67. The van der Waals surface area contributed by atoms with E-state index < -0.39 is 11.6 Å². The quantitative estimate of drug-likeness (QED) is 0.780. The van der Waals surface area contributed by atoms with Crippen LogP contribution in [0.4, 0.5) is 4.79 Å². The van der Waals surface area contributed by atoms with Crippen LogP contribution in [-0.4, -0.2) is 34.8 Å². The van der Waals surface area contributed by atoms with Crippen molar-refractivity contribution in [2.75, 3.05) is 6.54 Å². The zero-order valence-corrected chi connectivity index (χ0v) is 13.9. The Labute approximate surface area is 140 Å². The summed E-state index contributed by atoms with van der Waals surface area (Å²) in [4.78, 5) is 36.7. The maximum absolute atomic E-state index is 12.0. The van der Waals surface area contributed by atoms with E-state index in [0.29, 0.717) is 18.0 Å². The minimum Gasteiger partial charge on any atom is -0.352 e. The summed E-state index contributed by atoms with van der Waals surface area (Å²) in [5, 5.41) is 6.02. The third-order valence-corrected chi connectivity index (χ3v) is 3.84. The molecular formula is C16H20ClN3O3. The van der Waals surface area contributed by atoms with Crippen molar-refractivity contribution in [3.63, 3.8) is 0 Å². The molecule has 0 atom stereocenters. The van der Waals surface area contributed by atoms with Gasteiger partial charge in [-0.3, -0.25) is 14.5 Å². The van der Waals surface area contributed by atoms with E-state index in [4.69, 9.17) is 11.6 Å². The summed E-state index contributed by atoms with van der Waals surface area (Å²) in [6.45, 7) is 3.95. The van der Waals surface area contributed by atoms with Gasteiger partial charge in [-0.05, 0) is 38.0 Å². The number of benzene rings is 1. The number of hydrogen-bond donors (Lipinski definition) is 2. The summed E-state index contributed by atoms with van der Waals surface area (Å²) in [5.74, 6) is -0.391. The third-order valence-electron chi connectivity index (χ3n) is 3.61. The van der Waals surface area contributed by atoms with E-state index in [1.54, 1.807) is 26.0 Å². The fourth-order valence-electron chi connectivity index (χ4n) is 2.35. The van der Waals surface area contributed by atoms with E-state index in [-0.39, 0.29) is 24.8 Å². The van der Waals surface area contributed by atoms with Gasteiger partial charge >= 0.3 is 6.03 Å². The molecule has 1 aliphatic rings. The van der Waals surface area contributed by atoms with Crippen LogP contribution in [0.5, 0.6) is 0 Å². The molecule has 0 radical (unpaired) electrons. The molecule has 0 bridgehead atoms. The van der Waals surface area contributed by atoms with Crippen molar-refractivity contribution < 1.29 is 14.4 Å². The molecule has 0 unspecified atom stereocenters. The molecule has 2 rings (SSSR count). The van der Waals surface area contributed by atoms with Gasteiger partial charge in [0.25, 0.3) is 5.91 Å². The molecule has 1 aromatic carbocycles. The van der Waals surface area contributed by atoms with E-state index in [1.807, 2.05) is 12.1 Å². The second kappa shape index (κ2) is 7.00. The monoisotopic (exact) mass is 337 g/mol. The highest BCUT2D eigenvalue weighted by Gasteiger charge is 2.43. The van der Waals surface area contributed by atoms with Crippen molar-refractivity contribution in [1.29, 1.82) is 0 Å². The zero-order chi connectivity index (χ0) is 17.0. The summed E-state index contributed by atoms with van der Waals surface area (Å²) in [7, 11) is 0. The number of carbonyl (C=O) groups is 3. The van der Waals surface area contributed by atoms with Crippen LogP contribution >= 0.6 is 11.6 Å². The number of amides is 4. The predicted molar refractivity (Wildman–Crippen MR) is 86.9 cm³/mol. The first-order valence-electron chi connectivity index (χ1n) is 7.45. The molecule has 23 heavy (non-hydrogen) atoms. The van der Waals surface area contributed by atoms with E-state index in [9.17, 15) is 14.4 Å². The second-order valence-corrected chi connectivity index (χ2v) is 6.46. The Kier molecular flexibility index (Phi) is 5.26. The molecule has 1 fully saturated rings. The van der Waals surface area contributed by atoms with Crippen LogP contribution < -0.4 is 10.6 Å².